The van der Waals surface area contributed by atoms with Gasteiger partial charge in [-0.2, -0.15) is 11.3 Å². The smallest absolute Gasteiger partial charge is 0.231 e. The van der Waals surface area contributed by atoms with Crippen LogP contribution >= 0.6 is 11.3 Å². The molecule has 4 rings (SSSR count). The lowest BCUT2D eigenvalue weighted by atomic mass is 10.0. The maximum atomic E-state index is 5.95. The van der Waals surface area contributed by atoms with Crippen LogP contribution in [0.5, 0.6) is 11.5 Å². The molecule has 2 N–H and O–H groups in total. The molecule has 0 saturated carbocycles. The molecule has 20 heavy (non-hydrogen) atoms. The third-order valence-electron chi connectivity index (χ3n) is 3.16. The van der Waals surface area contributed by atoms with Crippen LogP contribution in [0.4, 0.5) is 5.82 Å². The van der Waals surface area contributed by atoms with Crippen molar-refractivity contribution in [2.24, 2.45) is 0 Å². The Labute approximate surface area is 118 Å². The Balaban J connectivity index is 1.88. The second kappa shape index (κ2) is 4.28. The molecule has 0 fully saturated rings. The molecular formula is C14H10N2O3S. The Bertz CT molecular complexity index is 765. The van der Waals surface area contributed by atoms with Crippen molar-refractivity contribution in [1.29, 1.82) is 0 Å². The van der Waals surface area contributed by atoms with Gasteiger partial charge in [-0.05, 0) is 29.1 Å². The van der Waals surface area contributed by atoms with E-state index in [1.807, 2.05) is 35.0 Å². The molecular weight excluding hydrogens is 276 g/mol. The average molecular weight is 286 g/mol. The molecule has 0 bridgehead atoms. The summed E-state index contributed by atoms with van der Waals surface area (Å²) >= 11 is 1.59. The van der Waals surface area contributed by atoms with Gasteiger partial charge in [-0.15, -0.1) is 0 Å². The predicted octanol–water partition coefficient (Wildman–Crippen LogP) is 3.38. The van der Waals surface area contributed by atoms with Crippen molar-refractivity contribution in [3.05, 3.63) is 35.0 Å². The zero-order valence-electron chi connectivity index (χ0n) is 10.3. The van der Waals surface area contributed by atoms with Crippen molar-refractivity contribution in [2.75, 3.05) is 12.5 Å². The number of thiophene rings is 1. The summed E-state index contributed by atoms with van der Waals surface area (Å²) in [7, 11) is 0. The molecule has 3 aromatic rings. The van der Waals surface area contributed by atoms with E-state index in [2.05, 4.69) is 5.16 Å². The first-order valence-corrected chi connectivity index (χ1v) is 6.95. The number of anilines is 1. The van der Waals surface area contributed by atoms with Gasteiger partial charge in [-0.25, -0.2) is 0 Å². The summed E-state index contributed by atoms with van der Waals surface area (Å²) in [6.07, 6.45) is 0. The fourth-order valence-electron chi connectivity index (χ4n) is 2.22. The topological polar surface area (TPSA) is 70.5 Å². The standard InChI is InChI=1S/C14H10N2O3S/c15-14-12(13(19-16-14)9-3-4-20-6-9)8-1-2-10-11(5-8)18-7-17-10/h1-6H,7H2,(H2,15,16). The normalized spacial score (nSPS) is 12.8. The summed E-state index contributed by atoms with van der Waals surface area (Å²) in [5.74, 6) is 2.48. The first kappa shape index (κ1) is 11.4. The van der Waals surface area contributed by atoms with Crippen LogP contribution in [-0.2, 0) is 0 Å². The van der Waals surface area contributed by atoms with Gasteiger partial charge in [0.2, 0.25) is 6.79 Å². The van der Waals surface area contributed by atoms with E-state index in [-0.39, 0.29) is 6.79 Å². The summed E-state index contributed by atoms with van der Waals surface area (Å²) in [5, 5.41) is 7.86. The highest BCUT2D eigenvalue weighted by Gasteiger charge is 2.21. The summed E-state index contributed by atoms with van der Waals surface area (Å²) < 4.78 is 16.1. The molecule has 3 heterocycles. The number of ether oxygens (including phenoxy) is 2. The SMILES string of the molecule is Nc1noc(-c2ccsc2)c1-c1ccc2c(c1)OCO2. The Morgan fingerprint density at radius 2 is 2.00 bits per heavy atom. The minimum absolute atomic E-state index is 0.245. The number of nitrogen functional groups attached to an aromatic ring is 1. The van der Waals surface area contributed by atoms with Gasteiger partial charge in [0, 0.05) is 10.9 Å². The number of aromatic nitrogens is 1. The number of hydrogen-bond acceptors (Lipinski definition) is 6. The van der Waals surface area contributed by atoms with Crippen molar-refractivity contribution < 1.29 is 14.0 Å². The number of rotatable bonds is 2. The highest BCUT2D eigenvalue weighted by molar-refractivity contribution is 7.08. The van der Waals surface area contributed by atoms with Crippen molar-refractivity contribution in [3.63, 3.8) is 0 Å². The summed E-state index contributed by atoms with van der Waals surface area (Å²) in [5.41, 5.74) is 8.59. The van der Waals surface area contributed by atoms with E-state index in [9.17, 15) is 0 Å². The zero-order chi connectivity index (χ0) is 13.5. The van der Waals surface area contributed by atoms with Crippen LogP contribution in [-0.4, -0.2) is 11.9 Å². The number of nitrogens with two attached hydrogens (primary N) is 1. The molecule has 0 spiro atoms. The van der Waals surface area contributed by atoms with Crippen LogP contribution in [0.1, 0.15) is 0 Å². The van der Waals surface area contributed by atoms with E-state index in [1.165, 1.54) is 0 Å². The molecule has 1 aliphatic rings. The zero-order valence-corrected chi connectivity index (χ0v) is 11.1. The van der Waals surface area contributed by atoms with Gasteiger partial charge >= 0.3 is 0 Å². The van der Waals surface area contributed by atoms with Crippen molar-refractivity contribution >= 4 is 17.2 Å². The molecule has 0 amide bonds. The fraction of sp³-hybridized carbons (Fsp3) is 0.0714. The van der Waals surface area contributed by atoms with Crippen molar-refractivity contribution in [3.8, 4) is 33.9 Å². The van der Waals surface area contributed by atoms with E-state index < -0.39 is 0 Å². The van der Waals surface area contributed by atoms with Crippen LogP contribution < -0.4 is 15.2 Å². The van der Waals surface area contributed by atoms with E-state index in [4.69, 9.17) is 19.7 Å². The molecule has 6 heteroatoms. The molecule has 1 aliphatic heterocycles. The van der Waals surface area contributed by atoms with Gasteiger partial charge in [0.25, 0.3) is 0 Å². The molecule has 100 valence electrons. The van der Waals surface area contributed by atoms with E-state index in [0.29, 0.717) is 17.3 Å². The molecule has 1 aromatic carbocycles. The summed E-state index contributed by atoms with van der Waals surface area (Å²) in [6, 6.07) is 7.65. The maximum Gasteiger partial charge on any atom is 0.231 e. The van der Waals surface area contributed by atoms with Crippen LogP contribution in [0.3, 0.4) is 0 Å². The van der Waals surface area contributed by atoms with E-state index >= 15 is 0 Å². The van der Waals surface area contributed by atoms with Gasteiger partial charge in [0.1, 0.15) is 0 Å². The molecule has 0 saturated heterocycles. The average Bonchev–Trinajstić information content (AvgIpc) is 3.17. The first-order valence-electron chi connectivity index (χ1n) is 6.00. The van der Waals surface area contributed by atoms with Gasteiger partial charge < -0.3 is 19.7 Å². The maximum absolute atomic E-state index is 5.95. The number of hydrogen-bond donors (Lipinski definition) is 1. The monoisotopic (exact) mass is 286 g/mol. The minimum atomic E-state index is 0.245. The fourth-order valence-corrected chi connectivity index (χ4v) is 2.86. The minimum Gasteiger partial charge on any atom is -0.454 e. The van der Waals surface area contributed by atoms with Crippen LogP contribution in [0.2, 0.25) is 0 Å². The predicted molar refractivity (Wildman–Crippen MR) is 75.8 cm³/mol. The highest BCUT2D eigenvalue weighted by atomic mass is 32.1. The second-order valence-electron chi connectivity index (χ2n) is 4.35. The Morgan fingerprint density at radius 1 is 1.10 bits per heavy atom. The van der Waals surface area contributed by atoms with E-state index in [1.54, 1.807) is 11.3 Å². The molecule has 5 nitrogen and oxygen atoms in total. The lowest BCUT2D eigenvalue weighted by molar-refractivity contribution is 0.174. The lowest BCUT2D eigenvalue weighted by Gasteiger charge is -2.03. The van der Waals surface area contributed by atoms with Crippen LogP contribution in [0.25, 0.3) is 22.5 Å². The van der Waals surface area contributed by atoms with Crippen molar-refractivity contribution in [1.82, 2.24) is 5.16 Å². The third-order valence-corrected chi connectivity index (χ3v) is 3.85. The van der Waals surface area contributed by atoms with Gasteiger partial charge in [-0.1, -0.05) is 11.2 Å². The quantitative estimate of drug-likeness (QED) is 0.782. The number of benzene rings is 1. The van der Waals surface area contributed by atoms with E-state index in [0.717, 1.165) is 22.4 Å². The van der Waals surface area contributed by atoms with Gasteiger partial charge in [-0.3, -0.25) is 0 Å². The van der Waals surface area contributed by atoms with Gasteiger partial charge in [0.05, 0.1) is 5.56 Å². The second-order valence-corrected chi connectivity index (χ2v) is 5.13. The Hall–Kier alpha value is -2.47. The highest BCUT2D eigenvalue weighted by Crippen LogP contribution is 2.41. The largest absolute Gasteiger partial charge is 0.454 e. The number of fused-ring (bicyclic) bond motifs is 1. The lowest BCUT2D eigenvalue weighted by Crippen LogP contribution is -1.92. The molecule has 0 unspecified atom stereocenters. The van der Waals surface area contributed by atoms with Crippen LogP contribution in [0.15, 0.2) is 39.5 Å². The molecule has 2 aromatic heterocycles. The summed E-state index contributed by atoms with van der Waals surface area (Å²) in [4.78, 5) is 0. The first-order chi connectivity index (χ1) is 9.83. The molecule has 0 aliphatic carbocycles. The summed E-state index contributed by atoms with van der Waals surface area (Å²) in [6.45, 7) is 0.245. The molecule has 0 atom stereocenters. The Morgan fingerprint density at radius 3 is 2.85 bits per heavy atom. The van der Waals surface area contributed by atoms with Crippen molar-refractivity contribution in [2.45, 2.75) is 0 Å². The third kappa shape index (κ3) is 1.65. The van der Waals surface area contributed by atoms with Crippen LogP contribution in [0, 0.1) is 0 Å². The number of nitrogens with zero attached hydrogens (tertiary/aromatic N) is 1. The Kier molecular flexibility index (Phi) is 2.43. The van der Waals surface area contributed by atoms with Gasteiger partial charge in [0.15, 0.2) is 23.1 Å². The molecule has 0 radical (unpaired) electrons.